The summed E-state index contributed by atoms with van der Waals surface area (Å²) in [6.07, 6.45) is 8.81. The van der Waals surface area contributed by atoms with Crippen LogP contribution in [0.5, 0.6) is 0 Å². The molecule has 0 aliphatic carbocycles. The third kappa shape index (κ3) is 2.81. The zero-order chi connectivity index (χ0) is 13.1. The van der Waals surface area contributed by atoms with Gasteiger partial charge in [-0.05, 0) is 38.2 Å². The molecule has 0 unspecified atom stereocenters. The van der Waals surface area contributed by atoms with Crippen molar-refractivity contribution in [1.29, 1.82) is 0 Å². The lowest BCUT2D eigenvalue weighted by Crippen LogP contribution is -2.49. The highest BCUT2D eigenvalue weighted by molar-refractivity contribution is 5.81. The van der Waals surface area contributed by atoms with Crippen molar-refractivity contribution in [3.05, 3.63) is 18.5 Å². The predicted molar refractivity (Wildman–Crippen MR) is 70.6 cm³/mol. The molecule has 1 amide bonds. The van der Waals surface area contributed by atoms with E-state index in [1.54, 1.807) is 6.20 Å². The van der Waals surface area contributed by atoms with Gasteiger partial charge >= 0.3 is 0 Å². The second-order valence-electron chi connectivity index (χ2n) is 5.41. The summed E-state index contributed by atoms with van der Waals surface area (Å²) in [7, 11) is 0. The average molecular weight is 263 g/mol. The van der Waals surface area contributed by atoms with Crippen LogP contribution < -0.4 is 0 Å². The van der Waals surface area contributed by atoms with Crippen molar-refractivity contribution in [2.24, 2.45) is 0 Å². The van der Waals surface area contributed by atoms with Crippen molar-refractivity contribution in [1.82, 2.24) is 14.7 Å². The molecule has 19 heavy (non-hydrogen) atoms. The van der Waals surface area contributed by atoms with E-state index in [-0.39, 0.29) is 18.1 Å². The molecule has 1 aromatic heterocycles. The summed E-state index contributed by atoms with van der Waals surface area (Å²) < 4.78 is 7.46. The van der Waals surface area contributed by atoms with E-state index in [9.17, 15) is 4.79 Å². The number of carbonyl (C=O) groups excluding carboxylic acids is 1. The van der Waals surface area contributed by atoms with Crippen LogP contribution in [0.15, 0.2) is 18.5 Å². The molecule has 0 saturated carbocycles. The summed E-state index contributed by atoms with van der Waals surface area (Å²) in [5.41, 5.74) is 0. The van der Waals surface area contributed by atoms with Crippen LogP contribution in [0.1, 0.15) is 32.1 Å². The van der Waals surface area contributed by atoms with Crippen LogP contribution in [0.2, 0.25) is 0 Å². The predicted octanol–water partition coefficient (Wildman–Crippen LogP) is 1.44. The largest absolute Gasteiger partial charge is 0.368 e. The lowest BCUT2D eigenvalue weighted by atomic mass is 10.0. The van der Waals surface area contributed by atoms with Crippen LogP contribution in [0.25, 0.3) is 0 Å². The van der Waals surface area contributed by atoms with E-state index in [2.05, 4.69) is 5.10 Å². The van der Waals surface area contributed by atoms with Crippen molar-refractivity contribution in [3.8, 4) is 0 Å². The first-order valence-corrected chi connectivity index (χ1v) is 7.24. The summed E-state index contributed by atoms with van der Waals surface area (Å²) in [5.74, 6) is 0.189. The quantitative estimate of drug-likeness (QED) is 0.829. The molecule has 1 aromatic rings. The molecule has 2 aliphatic heterocycles. The summed E-state index contributed by atoms with van der Waals surface area (Å²) in [6.45, 7) is 2.39. The third-order valence-electron chi connectivity index (χ3n) is 4.07. The molecule has 0 N–H and O–H groups in total. The fourth-order valence-electron chi connectivity index (χ4n) is 3.06. The Morgan fingerprint density at radius 2 is 2.26 bits per heavy atom. The summed E-state index contributed by atoms with van der Waals surface area (Å²) in [4.78, 5) is 14.5. The normalized spacial score (nSPS) is 27.7. The number of nitrogens with zero attached hydrogens (tertiary/aromatic N) is 3. The van der Waals surface area contributed by atoms with Gasteiger partial charge in [-0.15, -0.1) is 0 Å². The first kappa shape index (κ1) is 12.7. The average Bonchev–Trinajstić information content (AvgIpc) is 3.11. The van der Waals surface area contributed by atoms with Crippen LogP contribution in [0, 0.1) is 0 Å². The van der Waals surface area contributed by atoms with Gasteiger partial charge < -0.3 is 9.64 Å². The van der Waals surface area contributed by atoms with Gasteiger partial charge in [0.1, 0.15) is 6.10 Å². The Morgan fingerprint density at radius 3 is 3.00 bits per heavy atom. The molecule has 2 atom stereocenters. The van der Waals surface area contributed by atoms with E-state index in [1.165, 1.54) is 6.42 Å². The molecule has 0 bridgehead atoms. The van der Waals surface area contributed by atoms with Crippen molar-refractivity contribution in [2.75, 3.05) is 13.2 Å². The molecule has 3 heterocycles. The standard InChI is InChI=1S/C14H21N3O2/c18-14(13-6-3-10-19-13)17-9-2-1-5-12(17)11-16-8-4-7-15-16/h4,7-8,12-13H,1-3,5-6,9-11H2/t12-,13+/m0/s1. The number of amides is 1. The smallest absolute Gasteiger partial charge is 0.252 e. The topological polar surface area (TPSA) is 47.4 Å². The molecule has 104 valence electrons. The molecule has 5 nitrogen and oxygen atoms in total. The second kappa shape index (κ2) is 5.74. The number of carbonyl (C=O) groups is 1. The van der Waals surface area contributed by atoms with Crippen LogP contribution in [0.4, 0.5) is 0 Å². The van der Waals surface area contributed by atoms with Gasteiger partial charge in [-0.1, -0.05) is 0 Å². The number of hydrogen-bond donors (Lipinski definition) is 0. The number of ether oxygens (including phenoxy) is 1. The zero-order valence-corrected chi connectivity index (χ0v) is 11.2. The SMILES string of the molecule is O=C([C@H]1CCCO1)N1CCCC[C@H]1Cn1cccn1. The maximum Gasteiger partial charge on any atom is 0.252 e. The van der Waals surface area contributed by atoms with Crippen LogP contribution in [-0.2, 0) is 16.1 Å². The van der Waals surface area contributed by atoms with Gasteiger partial charge in [-0.2, -0.15) is 5.10 Å². The fraction of sp³-hybridized carbons (Fsp3) is 0.714. The fourth-order valence-corrected chi connectivity index (χ4v) is 3.06. The molecular weight excluding hydrogens is 242 g/mol. The minimum absolute atomic E-state index is 0.189. The molecule has 0 spiro atoms. The molecule has 0 radical (unpaired) electrons. The van der Waals surface area contributed by atoms with Crippen LogP contribution in [0.3, 0.4) is 0 Å². The molecule has 2 aliphatic rings. The third-order valence-corrected chi connectivity index (χ3v) is 4.07. The molecule has 2 fully saturated rings. The molecule has 0 aromatic carbocycles. The monoisotopic (exact) mass is 263 g/mol. The lowest BCUT2D eigenvalue weighted by Gasteiger charge is -2.37. The molecular formula is C14H21N3O2. The van der Waals surface area contributed by atoms with Gasteiger partial charge in [0.15, 0.2) is 0 Å². The van der Waals surface area contributed by atoms with Crippen molar-refractivity contribution >= 4 is 5.91 Å². The molecule has 2 saturated heterocycles. The number of likely N-dealkylation sites (tertiary alicyclic amines) is 1. The number of rotatable bonds is 3. The maximum absolute atomic E-state index is 12.5. The number of piperidine rings is 1. The van der Waals surface area contributed by atoms with Crippen molar-refractivity contribution in [3.63, 3.8) is 0 Å². The number of hydrogen-bond acceptors (Lipinski definition) is 3. The van der Waals surface area contributed by atoms with Crippen LogP contribution >= 0.6 is 0 Å². The van der Waals surface area contributed by atoms with Gasteiger partial charge in [0, 0.05) is 25.5 Å². The minimum Gasteiger partial charge on any atom is -0.368 e. The van der Waals surface area contributed by atoms with Crippen LogP contribution in [-0.4, -0.2) is 45.9 Å². The van der Waals surface area contributed by atoms with E-state index in [1.807, 2.05) is 21.8 Å². The summed E-state index contributed by atoms with van der Waals surface area (Å²) >= 11 is 0. The molecule has 3 rings (SSSR count). The highest BCUT2D eigenvalue weighted by Crippen LogP contribution is 2.23. The number of aromatic nitrogens is 2. The Labute approximate surface area is 113 Å². The Balaban J connectivity index is 1.67. The zero-order valence-electron chi connectivity index (χ0n) is 11.2. The van der Waals surface area contributed by atoms with E-state index in [0.29, 0.717) is 0 Å². The first-order chi connectivity index (χ1) is 9.34. The van der Waals surface area contributed by atoms with Crippen molar-refractivity contribution < 1.29 is 9.53 Å². The minimum atomic E-state index is -0.196. The Bertz CT molecular complexity index is 412. The van der Waals surface area contributed by atoms with Gasteiger partial charge in [-0.3, -0.25) is 9.48 Å². The Hall–Kier alpha value is -1.36. The second-order valence-corrected chi connectivity index (χ2v) is 5.41. The maximum atomic E-state index is 12.5. The lowest BCUT2D eigenvalue weighted by molar-refractivity contribution is -0.145. The van der Waals surface area contributed by atoms with Gasteiger partial charge in [0.05, 0.1) is 12.6 Å². The van der Waals surface area contributed by atoms with E-state index in [0.717, 1.165) is 45.4 Å². The van der Waals surface area contributed by atoms with Gasteiger partial charge in [0.25, 0.3) is 5.91 Å². The summed E-state index contributed by atoms with van der Waals surface area (Å²) in [6, 6.07) is 2.19. The Morgan fingerprint density at radius 1 is 1.32 bits per heavy atom. The van der Waals surface area contributed by atoms with E-state index >= 15 is 0 Å². The summed E-state index contributed by atoms with van der Waals surface area (Å²) in [5, 5.41) is 4.25. The van der Waals surface area contributed by atoms with Gasteiger partial charge in [0.2, 0.25) is 0 Å². The van der Waals surface area contributed by atoms with Gasteiger partial charge in [-0.25, -0.2) is 0 Å². The first-order valence-electron chi connectivity index (χ1n) is 7.24. The Kier molecular flexibility index (Phi) is 3.82. The van der Waals surface area contributed by atoms with E-state index < -0.39 is 0 Å². The highest BCUT2D eigenvalue weighted by Gasteiger charge is 2.33. The van der Waals surface area contributed by atoms with Crippen molar-refractivity contribution in [2.45, 2.75) is 50.8 Å². The molecule has 5 heteroatoms. The highest BCUT2D eigenvalue weighted by atomic mass is 16.5. The van der Waals surface area contributed by atoms with E-state index in [4.69, 9.17) is 4.74 Å².